The number of hydrazone groups is 1. The number of amides is 1. The van der Waals surface area contributed by atoms with Gasteiger partial charge in [0, 0.05) is 16.1 Å². The summed E-state index contributed by atoms with van der Waals surface area (Å²) in [7, 11) is 0. The largest absolute Gasteiger partial charge is 0.490 e. The summed E-state index contributed by atoms with van der Waals surface area (Å²) in [5, 5.41) is 26.2. The van der Waals surface area contributed by atoms with Gasteiger partial charge in [0.2, 0.25) is 5.75 Å². The number of nitro benzene ring substituents is 2. The fraction of sp³-hybridized carbons (Fsp3) is 0.0909. The van der Waals surface area contributed by atoms with E-state index < -0.39 is 27.1 Å². The van der Waals surface area contributed by atoms with Crippen LogP contribution in [0.25, 0.3) is 0 Å². The second-order valence-corrected chi connectivity index (χ2v) is 7.53. The smallest absolute Gasteiger partial charge is 0.318 e. The maximum atomic E-state index is 12.2. The van der Waals surface area contributed by atoms with Gasteiger partial charge in [-0.2, -0.15) is 5.10 Å². The van der Waals surface area contributed by atoms with Crippen LogP contribution in [0.2, 0.25) is 0 Å². The van der Waals surface area contributed by atoms with Crippen molar-refractivity contribution in [2.24, 2.45) is 5.10 Å². The van der Waals surface area contributed by atoms with Gasteiger partial charge >= 0.3 is 5.69 Å². The third-order valence-electron chi connectivity index (χ3n) is 4.30. The molecule has 11 nitrogen and oxygen atoms in total. The lowest BCUT2D eigenvalue weighted by Crippen LogP contribution is -2.17. The van der Waals surface area contributed by atoms with Crippen LogP contribution in [-0.2, 0) is 0 Å². The Labute approximate surface area is 201 Å². The fourth-order valence-corrected chi connectivity index (χ4v) is 3.18. The number of ether oxygens (including phenoxy) is 2. The summed E-state index contributed by atoms with van der Waals surface area (Å²) < 4.78 is 12.0. The van der Waals surface area contributed by atoms with Crippen LogP contribution in [0.3, 0.4) is 0 Å². The van der Waals surface area contributed by atoms with Crippen LogP contribution < -0.4 is 14.9 Å². The topological polar surface area (TPSA) is 146 Å². The Morgan fingerprint density at radius 2 is 1.79 bits per heavy atom. The van der Waals surface area contributed by atoms with Crippen molar-refractivity contribution >= 4 is 39.4 Å². The first kappa shape index (κ1) is 24.3. The zero-order valence-electron chi connectivity index (χ0n) is 17.6. The summed E-state index contributed by atoms with van der Waals surface area (Å²) in [4.78, 5) is 33.0. The van der Waals surface area contributed by atoms with E-state index in [1.165, 1.54) is 12.3 Å². The SMILES string of the molecule is CCOc1cc(C=NNC(=O)c2cccc(Br)c2)ccc1Oc1ccc([N+](=O)[O-])cc1[N+](=O)[O-]. The number of nitrogens with one attached hydrogen (secondary N) is 1. The molecule has 0 bridgehead atoms. The molecule has 34 heavy (non-hydrogen) atoms. The lowest BCUT2D eigenvalue weighted by Gasteiger charge is -2.12. The normalized spacial score (nSPS) is 10.6. The number of nitrogens with zero attached hydrogens (tertiary/aromatic N) is 3. The third-order valence-corrected chi connectivity index (χ3v) is 4.80. The standard InChI is InChI=1S/C22H17BrN4O7/c1-2-33-21-10-14(13-24-25-22(28)15-4-3-5-16(23)11-15)6-8-20(21)34-19-9-7-17(26(29)30)12-18(19)27(31)32/h3-13H,2H2,1H3,(H,25,28). The molecular weight excluding hydrogens is 512 g/mol. The molecule has 0 aliphatic heterocycles. The third kappa shape index (κ3) is 6.13. The van der Waals surface area contributed by atoms with Gasteiger partial charge in [0.25, 0.3) is 11.6 Å². The van der Waals surface area contributed by atoms with E-state index in [9.17, 15) is 25.0 Å². The summed E-state index contributed by atoms with van der Waals surface area (Å²) in [5.74, 6) is -0.154. The number of benzene rings is 3. The average molecular weight is 529 g/mol. The fourth-order valence-electron chi connectivity index (χ4n) is 2.78. The Bertz CT molecular complexity index is 1280. The average Bonchev–Trinajstić information content (AvgIpc) is 2.80. The molecular formula is C22H17BrN4O7. The number of non-ortho nitro benzene ring substituents is 1. The number of carbonyl (C=O) groups excluding carboxylic acids is 1. The molecule has 0 atom stereocenters. The van der Waals surface area contributed by atoms with E-state index in [1.807, 2.05) is 0 Å². The van der Waals surface area contributed by atoms with Crippen LogP contribution in [0, 0.1) is 20.2 Å². The van der Waals surface area contributed by atoms with E-state index >= 15 is 0 Å². The first-order valence-corrected chi connectivity index (χ1v) is 10.5. The Kier molecular flexibility index (Phi) is 7.88. The van der Waals surface area contributed by atoms with Crippen molar-refractivity contribution in [2.45, 2.75) is 6.92 Å². The van der Waals surface area contributed by atoms with Gasteiger partial charge < -0.3 is 9.47 Å². The van der Waals surface area contributed by atoms with Crippen molar-refractivity contribution < 1.29 is 24.1 Å². The minimum absolute atomic E-state index is 0.161. The highest BCUT2D eigenvalue weighted by Crippen LogP contribution is 2.38. The molecule has 3 aromatic rings. The van der Waals surface area contributed by atoms with Crippen molar-refractivity contribution in [2.75, 3.05) is 6.61 Å². The Hall–Kier alpha value is -4.32. The van der Waals surface area contributed by atoms with E-state index in [0.29, 0.717) is 11.1 Å². The molecule has 1 amide bonds. The summed E-state index contributed by atoms with van der Waals surface area (Å²) in [6, 6.07) is 14.6. The molecule has 0 fully saturated rings. The van der Waals surface area contributed by atoms with E-state index in [2.05, 4.69) is 26.5 Å². The van der Waals surface area contributed by atoms with Crippen LogP contribution in [0.15, 0.2) is 70.2 Å². The highest BCUT2D eigenvalue weighted by Gasteiger charge is 2.22. The maximum Gasteiger partial charge on any atom is 0.318 e. The van der Waals surface area contributed by atoms with Gasteiger partial charge in [0.1, 0.15) is 0 Å². The van der Waals surface area contributed by atoms with Gasteiger partial charge in [0.15, 0.2) is 11.5 Å². The molecule has 3 rings (SSSR count). The molecule has 1 N–H and O–H groups in total. The second kappa shape index (κ2) is 11.0. The molecule has 0 heterocycles. The number of carbonyl (C=O) groups is 1. The lowest BCUT2D eigenvalue weighted by molar-refractivity contribution is -0.394. The van der Waals surface area contributed by atoms with Gasteiger partial charge in [-0.3, -0.25) is 25.0 Å². The molecule has 0 spiro atoms. The van der Waals surface area contributed by atoms with Gasteiger partial charge in [-0.05, 0) is 55.0 Å². The van der Waals surface area contributed by atoms with Crippen LogP contribution in [0.4, 0.5) is 11.4 Å². The number of rotatable bonds is 9. The molecule has 0 saturated carbocycles. The zero-order valence-corrected chi connectivity index (χ0v) is 19.2. The predicted molar refractivity (Wildman–Crippen MR) is 127 cm³/mol. The van der Waals surface area contributed by atoms with Crippen molar-refractivity contribution in [3.63, 3.8) is 0 Å². The van der Waals surface area contributed by atoms with E-state index in [1.54, 1.807) is 43.3 Å². The maximum absolute atomic E-state index is 12.2. The van der Waals surface area contributed by atoms with E-state index in [-0.39, 0.29) is 23.9 Å². The molecule has 0 aromatic heterocycles. The van der Waals surface area contributed by atoms with E-state index in [4.69, 9.17) is 9.47 Å². The molecule has 0 aliphatic rings. The van der Waals surface area contributed by atoms with Crippen molar-refractivity contribution in [3.8, 4) is 17.2 Å². The highest BCUT2D eigenvalue weighted by molar-refractivity contribution is 9.10. The number of hydrogen-bond acceptors (Lipinski definition) is 8. The monoisotopic (exact) mass is 528 g/mol. The molecule has 3 aromatic carbocycles. The van der Waals surface area contributed by atoms with Crippen LogP contribution in [-0.4, -0.2) is 28.6 Å². The Morgan fingerprint density at radius 1 is 1.03 bits per heavy atom. The minimum atomic E-state index is -0.766. The number of halogens is 1. The molecule has 0 radical (unpaired) electrons. The van der Waals surface area contributed by atoms with Crippen molar-refractivity contribution in [3.05, 3.63) is 96.5 Å². The van der Waals surface area contributed by atoms with Crippen molar-refractivity contribution in [1.82, 2.24) is 5.43 Å². The molecule has 174 valence electrons. The lowest BCUT2D eigenvalue weighted by atomic mass is 10.2. The predicted octanol–water partition coefficient (Wildman–Crippen LogP) is 5.22. The van der Waals surface area contributed by atoms with Gasteiger partial charge in [-0.25, -0.2) is 5.43 Å². The summed E-state index contributed by atoms with van der Waals surface area (Å²) in [5.41, 5.74) is 2.42. The van der Waals surface area contributed by atoms with Gasteiger partial charge in [-0.15, -0.1) is 0 Å². The van der Waals surface area contributed by atoms with Crippen molar-refractivity contribution in [1.29, 1.82) is 0 Å². The summed E-state index contributed by atoms with van der Waals surface area (Å²) in [6.07, 6.45) is 1.40. The Morgan fingerprint density at radius 3 is 2.47 bits per heavy atom. The second-order valence-electron chi connectivity index (χ2n) is 6.62. The van der Waals surface area contributed by atoms with Crippen LogP contribution in [0.1, 0.15) is 22.8 Å². The molecule has 12 heteroatoms. The van der Waals surface area contributed by atoms with Crippen LogP contribution >= 0.6 is 15.9 Å². The highest BCUT2D eigenvalue weighted by atomic mass is 79.9. The summed E-state index contributed by atoms with van der Waals surface area (Å²) >= 11 is 3.30. The first-order chi connectivity index (χ1) is 16.3. The van der Waals surface area contributed by atoms with Crippen LogP contribution in [0.5, 0.6) is 17.2 Å². The number of hydrogen-bond donors (Lipinski definition) is 1. The zero-order chi connectivity index (χ0) is 24.7. The first-order valence-electron chi connectivity index (χ1n) is 9.75. The quantitative estimate of drug-likeness (QED) is 0.227. The molecule has 0 aliphatic carbocycles. The molecule has 0 saturated heterocycles. The minimum Gasteiger partial charge on any atom is -0.490 e. The van der Waals surface area contributed by atoms with Gasteiger partial charge in [0.05, 0.1) is 28.7 Å². The molecule has 0 unspecified atom stereocenters. The van der Waals surface area contributed by atoms with E-state index in [0.717, 1.165) is 22.7 Å². The Balaban J connectivity index is 1.80. The number of nitro groups is 2. The summed E-state index contributed by atoms with van der Waals surface area (Å²) in [6.45, 7) is 2.02. The van der Waals surface area contributed by atoms with Gasteiger partial charge in [-0.1, -0.05) is 22.0 Å².